The number of rotatable bonds is 8. The maximum absolute atomic E-state index is 12.8. The second kappa shape index (κ2) is 8.36. The number of aromatic nitrogens is 3. The molecule has 2 aromatic rings. The van der Waals surface area contributed by atoms with E-state index in [1.54, 1.807) is 30.6 Å². The van der Waals surface area contributed by atoms with Gasteiger partial charge in [0.15, 0.2) is 9.84 Å². The van der Waals surface area contributed by atoms with Crippen molar-refractivity contribution in [2.75, 3.05) is 25.1 Å². The van der Waals surface area contributed by atoms with Gasteiger partial charge in [0.1, 0.15) is 28.8 Å². The Bertz CT molecular complexity index is 1310. The summed E-state index contributed by atoms with van der Waals surface area (Å²) in [6.45, 7) is 0.685. The van der Waals surface area contributed by atoms with Crippen LogP contribution < -0.4 is 15.0 Å². The summed E-state index contributed by atoms with van der Waals surface area (Å²) in [4.78, 5) is 18.6. The molecule has 34 heavy (non-hydrogen) atoms. The van der Waals surface area contributed by atoms with E-state index in [0.717, 1.165) is 18.4 Å². The van der Waals surface area contributed by atoms with Gasteiger partial charge in [0.2, 0.25) is 5.91 Å². The van der Waals surface area contributed by atoms with Crippen LogP contribution in [-0.4, -0.2) is 59.7 Å². The van der Waals surface area contributed by atoms with Crippen molar-refractivity contribution < 1.29 is 17.9 Å². The van der Waals surface area contributed by atoms with E-state index in [9.17, 15) is 13.2 Å². The molecule has 2 saturated carbocycles. The van der Waals surface area contributed by atoms with Gasteiger partial charge in [-0.2, -0.15) is 10.4 Å². The lowest BCUT2D eigenvalue weighted by Gasteiger charge is -2.28. The molecule has 1 aliphatic heterocycles. The van der Waals surface area contributed by atoms with E-state index in [0.29, 0.717) is 41.9 Å². The molecule has 1 amide bonds. The average Bonchev–Trinajstić information content (AvgIpc) is 3.75. The van der Waals surface area contributed by atoms with Crippen LogP contribution in [0.1, 0.15) is 42.5 Å². The molecular formula is C23H24N6O4S. The van der Waals surface area contributed by atoms with E-state index in [1.807, 2.05) is 18.0 Å². The Morgan fingerprint density at radius 1 is 1.32 bits per heavy atom. The van der Waals surface area contributed by atoms with E-state index >= 15 is 0 Å². The fraction of sp³-hybridized carbons (Fsp3) is 0.435. The molecule has 0 radical (unpaired) electrons. The second-order valence-electron chi connectivity index (χ2n) is 9.04. The maximum atomic E-state index is 12.8. The molecule has 5 rings (SSSR count). The van der Waals surface area contributed by atoms with E-state index in [4.69, 9.17) is 10.00 Å². The Morgan fingerprint density at radius 3 is 2.76 bits per heavy atom. The number of fused-ring (bicyclic) bond motifs is 1. The predicted octanol–water partition coefficient (Wildman–Crippen LogP) is 1.38. The van der Waals surface area contributed by atoms with Gasteiger partial charge in [-0.3, -0.25) is 4.79 Å². The molecule has 0 saturated heterocycles. The SMILES string of the molecule is CN1CC(C(=O)NCc2ccc(C#N)nc2)=Cc2cnnc(OCC3(S(=O)(=O)C4CC4)CC3)c21. The number of anilines is 1. The second-order valence-corrected chi connectivity index (χ2v) is 11.7. The van der Waals surface area contributed by atoms with Gasteiger partial charge >= 0.3 is 0 Å². The predicted molar refractivity (Wildman–Crippen MR) is 123 cm³/mol. The molecule has 3 heterocycles. The molecular weight excluding hydrogens is 456 g/mol. The molecule has 0 unspecified atom stereocenters. The number of carbonyl (C=O) groups is 1. The fourth-order valence-electron chi connectivity index (χ4n) is 4.14. The van der Waals surface area contributed by atoms with Gasteiger partial charge in [0.05, 0.1) is 11.4 Å². The van der Waals surface area contributed by atoms with Crippen LogP contribution >= 0.6 is 0 Å². The van der Waals surface area contributed by atoms with Crippen molar-refractivity contribution in [3.8, 4) is 11.9 Å². The van der Waals surface area contributed by atoms with Gasteiger partial charge in [-0.15, -0.1) is 5.10 Å². The lowest BCUT2D eigenvalue weighted by Crippen LogP contribution is -2.35. The van der Waals surface area contributed by atoms with E-state index in [2.05, 4.69) is 20.5 Å². The third-order valence-electron chi connectivity index (χ3n) is 6.47. The normalized spacial score (nSPS) is 18.4. The minimum Gasteiger partial charge on any atom is -0.473 e. The van der Waals surface area contributed by atoms with Crippen LogP contribution in [0.25, 0.3) is 6.08 Å². The number of pyridine rings is 1. The first-order valence-electron chi connectivity index (χ1n) is 11.1. The summed E-state index contributed by atoms with van der Waals surface area (Å²) in [6, 6.07) is 5.31. The summed E-state index contributed by atoms with van der Waals surface area (Å²) < 4.78 is 30.7. The van der Waals surface area contributed by atoms with E-state index < -0.39 is 14.6 Å². The van der Waals surface area contributed by atoms with Gasteiger partial charge in [-0.05, 0) is 43.4 Å². The molecule has 2 aliphatic carbocycles. The highest BCUT2D eigenvalue weighted by Crippen LogP contribution is 2.50. The van der Waals surface area contributed by atoms with Crippen LogP contribution in [0.4, 0.5) is 5.69 Å². The van der Waals surface area contributed by atoms with Crippen LogP contribution in [0.5, 0.6) is 5.88 Å². The number of nitrogens with one attached hydrogen (secondary N) is 1. The number of hydrogen-bond donors (Lipinski definition) is 1. The van der Waals surface area contributed by atoms with Gasteiger partial charge in [0, 0.05) is 37.5 Å². The number of sulfone groups is 1. The molecule has 11 heteroatoms. The van der Waals surface area contributed by atoms with Crippen molar-refractivity contribution in [1.29, 1.82) is 5.26 Å². The molecule has 0 atom stereocenters. The van der Waals surface area contributed by atoms with Crippen molar-refractivity contribution in [3.05, 3.63) is 46.9 Å². The number of nitriles is 1. The van der Waals surface area contributed by atoms with Gasteiger partial charge in [-0.25, -0.2) is 13.4 Å². The minimum absolute atomic E-state index is 0.0699. The molecule has 3 aliphatic rings. The Morgan fingerprint density at radius 2 is 2.12 bits per heavy atom. The Kier molecular flexibility index (Phi) is 5.48. The summed E-state index contributed by atoms with van der Waals surface area (Å²) >= 11 is 0. The van der Waals surface area contributed by atoms with Crippen LogP contribution in [0.15, 0.2) is 30.1 Å². The largest absolute Gasteiger partial charge is 0.473 e. The first-order chi connectivity index (χ1) is 16.3. The minimum atomic E-state index is -3.18. The number of carbonyl (C=O) groups excluding carboxylic acids is 1. The van der Waals surface area contributed by atoms with Crippen molar-refractivity contribution in [3.63, 3.8) is 0 Å². The molecule has 0 aromatic carbocycles. The van der Waals surface area contributed by atoms with Crippen molar-refractivity contribution >= 4 is 27.5 Å². The monoisotopic (exact) mass is 480 g/mol. The summed E-state index contributed by atoms with van der Waals surface area (Å²) in [5, 5.41) is 19.6. The Balaban J connectivity index is 1.28. The fourth-order valence-corrected chi connectivity index (χ4v) is 6.50. The Hall–Kier alpha value is -3.52. The quantitative estimate of drug-likeness (QED) is 0.594. The summed E-state index contributed by atoms with van der Waals surface area (Å²) in [7, 11) is -1.36. The summed E-state index contributed by atoms with van der Waals surface area (Å²) in [5.41, 5.74) is 3.02. The van der Waals surface area contributed by atoms with Crippen LogP contribution in [0, 0.1) is 11.3 Å². The zero-order valence-electron chi connectivity index (χ0n) is 18.7. The first-order valence-corrected chi connectivity index (χ1v) is 12.6. The number of ether oxygens (including phenoxy) is 1. The van der Waals surface area contributed by atoms with Crippen molar-refractivity contribution in [2.24, 2.45) is 0 Å². The zero-order chi connectivity index (χ0) is 23.9. The topological polar surface area (TPSA) is 138 Å². The molecule has 1 N–H and O–H groups in total. The maximum Gasteiger partial charge on any atom is 0.257 e. The standard InChI is InChI=1S/C23H24N6O4S/c1-29-13-17(21(30)26-11-15-2-3-18(9-24)25-10-15)8-16-12-27-28-22(20(16)29)33-14-23(6-7-23)34(31,32)19-4-5-19/h2-3,8,10,12,19H,4-7,11,13-14H2,1H3,(H,26,30). The van der Waals surface area contributed by atoms with Gasteiger partial charge in [0.25, 0.3) is 5.88 Å². The van der Waals surface area contributed by atoms with E-state index in [-0.39, 0.29) is 30.2 Å². The van der Waals surface area contributed by atoms with Crippen molar-refractivity contribution in [2.45, 2.75) is 42.2 Å². The molecule has 0 spiro atoms. The number of amides is 1. The lowest BCUT2D eigenvalue weighted by molar-refractivity contribution is -0.117. The molecule has 2 aromatic heterocycles. The van der Waals surface area contributed by atoms with Crippen LogP contribution in [-0.2, 0) is 21.2 Å². The molecule has 176 valence electrons. The van der Waals surface area contributed by atoms with Crippen molar-refractivity contribution in [1.82, 2.24) is 20.5 Å². The van der Waals surface area contributed by atoms with Gasteiger partial charge < -0.3 is 15.0 Å². The number of likely N-dealkylation sites (N-methyl/N-ethyl adjacent to an activating group) is 1. The van der Waals surface area contributed by atoms with E-state index in [1.165, 1.54) is 0 Å². The highest BCUT2D eigenvalue weighted by molar-refractivity contribution is 7.94. The number of hydrogen-bond acceptors (Lipinski definition) is 9. The average molecular weight is 481 g/mol. The third-order valence-corrected chi connectivity index (χ3v) is 9.55. The zero-order valence-corrected chi connectivity index (χ0v) is 19.5. The Labute approximate surface area is 197 Å². The van der Waals surface area contributed by atoms with Crippen LogP contribution in [0.2, 0.25) is 0 Å². The number of nitrogens with zero attached hydrogens (tertiary/aromatic N) is 5. The summed E-state index contributed by atoms with van der Waals surface area (Å²) in [5.74, 6) is 0.0465. The summed E-state index contributed by atoms with van der Waals surface area (Å²) in [6.07, 6.45) is 7.58. The van der Waals surface area contributed by atoms with Crippen LogP contribution in [0.3, 0.4) is 0 Å². The highest BCUT2D eigenvalue weighted by Gasteiger charge is 2.60. The molecule has 0 bridgehead atoms. The molecule has 10 nitrogen and oxygen atoms in total. The highest BCUT2D eigenvalue weighted by atomic mass is 32.2. The molecule has 2 fully saturated rings. The third kappa shape index (κ3) is 4.09. The smallest absolute Gasteiger partial charge is 0.257 e. The first kappa shape index (κ1) is 22.3. The van der Waals surface area contributed by atoms with Gasteiger partial charge in [-0.1, -0.05) is 6.07 Å². The lowest BCUT2D eigenvalue weighted by atomic mass is 10.0.